The predicted molar refractivity (Wildman–Crippen MR) is 172 cm³/mol. The Morgan fingerprint density at radius 1 is 0.744 bits per heavy atom. The maximum atomic E-state index is 14.3. The van der Waals surface area contributed by atoms with Gasteiger partial charge < -0.3 is 14.5 Å². The maximum absolute atomic E-state index is 14.3. The Morgan fingerprint density at radius 2 is 1.35 bits per heavy atom. The van der Waals surface area contributed by atoms with Gasteiger partial charge in [-0.25, -0.2) is 0 Å². The molecule has 0 radical (unpaired) electrons. The highest BCUT2D eigenvalue weighted by atomic mass is 16.5. The molecule has 43 heavy (non-hydrogen) atoms. The molecule has 1 unspecified atom stereocenters. The normalized spacial score (nSPS) is 13.5. The first-order chi connectivity index (χ1) is 21.1. The van der Waals surface area contributed by atoms with Gasteiger partial charge in [-0.2, -0.15) is 0 Å². The Bertz CT molecular complexity index is 1430. The summed E-state index contributed by atoms with van der Waals surface area (Å²) in [5, 5.41) is 0. The standard InChI is InChI=1S/C38H42N2O3/c1-2-3-12-30-17-21-34(22-18-30)37(41)40(28-32-19-23-35(24-20-32)43-29-33-15-8-5-9-16-33)36(27-31-13-6-4-7-14-31)38(42)39-25-10-11-26-39/h4-9,13-24,36H,2-3,10-12,25-29H2,1H3. The van der Waals surface area contributed by atoms with Crippen molar-refractivity contribution >= 4 is 11.8 Å². The molecule has 0 bridgehead atoms. The number of rotatable bonds is 13. The van der Waals surface area contributed by atoms with E-state index in [1.165, 1.54) is 5.56 Å². The molecule has 0 saturated carbocycles. The summed E-state index contributed by atoms with van der Waals surface area (Å²) in [5.74, 6) is 0.666. The summed E-state index contributed by atoms with van der Waals surface area (Å²) in [6, 6.07) is 35.3. The number of hydrogen-bond donors (Lipinski definition) is 0. The third-order valence-corrected chi connectivity index (χ3v) is 8.16. The lowest BCUT2D eigenvalue weighted by atomic mass is 10.00. The first-order valence-electron chi connectivity index (χ1n) is 15.6. The zero-order valence-electron chi connectivity index (χ0n) is 25.2. The van der Waals surface area contributed by atoms with Crippen molar-refractivity contribution in [2.75, 3.05) is 13.1 Å². The van der Waals surface area contributed by atoms with Crippen molar-refractivity contribution in [3.8, 4) is 5.75 Å². The molecule has 1 heterocycles. The molecule has 4 aromatic carbocycles. The number of unbranched alkanes of at least 4 members (excludes halogenated alkanes) is 1. The minimum atomic E-state index is -0.609. The van der Waals surface area contributed by atoms with Gasteiger partial charge in [0, 0.05) is 31.6 Å². The molecule has 0 aliphatic carbocycles. The molecule has 222 valence electrons. The van der Waals surface area contributed by atoms with Crippen LogP contribution in [0.25, 0.3) is 0 Å². The SMILES string of the molecule is CCCCc1ccc(C(=O)N(Cc2ccc(OCc3ccccc3)cc2)C(Cc2ccccc2)C(=O)N2CCCC2)cc1. The van der Waals surface area contributed by atoms with Gasteiger partial charge in [0.1, 0.15) is 18.4 Å². The summed E-state index contributed by atoms with van der Waals surface area (Å²) in [6.45, 7) is 4.48. The van der Waals surface area contributed by atoms with E-state index < -0.39 is 6.04 Å². The van der Waals surface area contributed by atoms with Crippen LogP contribution in [0.15, 0.2) is 109 Å². The van der Waals surface area contributed by atoms with Crippen LogP contribution in [0.4, 0.5) is 0 Å². The topological polar surface area (TPSA) is 49.9 Å². The van der Waals surface area contributed by atoms with Crippen LogP contribution in [0, 0.1) is 0 Å². The van der Waals surface area contributed by atoms with E-state index in [2.05, 4.69) is 19.1 Å². The second kappa shape index (κ2) is 15.2. The number of carbonyl (C=O) groups excluding carboxylic acids is 2. The van der Waals surface area contributed by atoms with Gasteiger partial charge in [-0.3, -0.25) is 9.59 Å². The minimum absolute atomic E-state index is 0.0251. The van der Waals surface area contributed by atoms with Crippen LogP contribution in [0.1, 0.15) is 65.2 Å². The second-order valence-corrected chi connectivity index (χ2v) is 11.4. The molecule has 1 saturated heterocycles. The lowest BCUT2D eigenvalue weighted by Gasteiger charge is -2.34. The van der Waals surface area contributed by atoms with Crippen molar-refractivity contribution in [2.24, 2.45) is 0 Å². The van der Waals surface area contributed by atoms with Crippen molar-refractivity contribution in [1.29, 1.82) is 0 Å². The Morgan fingerprint density at radius 3 is 1.98 bits per heavy atom. The highest BCUT2D eigenvalue weighted by Crippen LogP contribution is 2.23. The molecule has 1 fully saturated rings. The number of hydrogen-bond acceptors (Lipinski definition) is 3. The zero-order valence-corrected chi connectivity index (χ0v) is 25.2. The van der Waals surface area contributed by atoms with Gasteiger partial charge in [0.15, 0.2) is 0 Å². The van der Waals surface area contributed by atoms with E-state index in [0.29, 0.717) is 25.1 Å². The van der Waals surface area contributed by atoms with Gasteiger partial charge in [0.2, 0.25) is 5.91 Å². The minimum Gasteiger partial charge on any atom is -0.489 e. The number of nitrogens with zero attached hydrogens (tertiary/aromatic N) is 2. The van der Waals surface area contributed by atoms with Crippen LogP contribution in [-0.2, 0) is 30.8 Å². The van der Waals surface area contributed by atoms with Crippen molar-refractivity contribution in [1.82, 2.24) is 9.80 Å². The lowest BCUT2D eigenvalue weighted by Crippen LogP contribution is -2.51. The number of ether oxygens (including phenoxy) is 1. The van der Waals surface area contributed by atoms with E-state index in [-0.39, 0.29) is 11.8 Å². The third-order valence-electron chi connectivity index (χ3n) is 8.16. The van der Waals surface area contributed by atoms with Crippen molar-refractivity contribution in [3.05, 3.63) is 137 Å². The number of aryl methyl sites for hydroxylation is 1. The van der Waals surface area contributed by atoms with Gasteiger partial charge in [-0.15, -0.1) is 0 Å². The predicted octanol–water partition coefficient (Wildman–Crippen LogP) is 7.48. The highest BCUT2D eigenvalue weighted by Gasteiger charge is 2.34. The molecule has 0 spiro atoms. The van der Waals surface area contributed by atoms with Gasteiger partial charge in [0.05, 0.1) is 0 Å². The lowest BCUT2D eigenvalue weighted by molar-refractivity contribution is -0.135. The quantitative estimate of drug-likeness (QED) is 0.166. The van der Waals surface area contributed by atoms with Gasteiger partial charge in [-0.1, -0.05) is 98.3 Å². The molecular weight excluding hydrogens is 532 g/mol. The maximum Gasteiger partial charge on any atom is 0.254 e. The molecule has 0 N–H and O–H groups in total. The first kappa shape index (κ1) is 30.1. The molecule has 1 aliphatic heterocycles. The van der Waals surface area contributed by atoms with E-state index >= 15 is 0 Å². The van der Waals surface area contributed by atoms with E-state index in [4.69, 9.17) is 4.74 Å². The summed E-state index contributed by atoms with van der Waals surface area (Å²) < 4.78 is 6.00. The molecule has 5 rings (SSSR count). The number of benzene rings is 4. The zero-order chi connectivity index (χ0) is 29.9. The van der Waals surface area contributed by atoms with Gasteiger partial charge in [-0.05, 0) is 72.2 Å². The Labute approximate surface area is 256 Å². The Hall–Kier alpha value is -4.38. The largest absolute Gasteiger partial charge is 0.489 e. The Balaban J connectivity index is 1.42. The number of likely N-dealkylation sites (tertiary alicyclic amines) is 1. The fourth-order valence-electron chi connectivity index (χ4n) is 5.63. The fraction of sp³-hybridized carbons (Fsp3) is 0.316. The summed E-state index contributed by atoms with van der Waals surface area (Å²) in [5.41, 5.74) is 4.93. The number of amides is 2. The van der Waals surface area contributed by atoms with E-state index in [0.717, 1.165) is 67.6 Å². The molecular formula is C38H42N2O3. The van der Waals surface area contributed by atoms with Crippen LogP contribution >= 0.6 is 0 Å². The molecule has 2 amide bonds. The van der Waals surface area contributed by atoms with Crippen LogP contribution in [0.5, 0.6) is 5.75 Å². The molecule has 1 atom stereocenters. The van der Waals surface area contributed by atoms with Crippen molar-refractivity contribution < 1.29 is 14.3 Å². The summed E-state index contributed by atoms with van der Waals surface area (Å²) >= 11 is 0. The smallest absolute Gasteiger partial charge is 0.254 e. The number of carbonyl (C=O) groups is 2. The van der Waals surface area contributed by atoms with Crippen LogP contribution in [0.3, 0.4) is 0 Å². The fourth-order valence-corrected chi connectivity index (χ4v) is 5.63. The van der Waals surface area contributed by atoms with Crippen LogP contribution in [0.2, 0.25) is 0 Å². The third kappa shape index (κ3) is 8.35. The van der Waals surface area contributed by atoms with Gasteiger partial charge in [0.25, 0.3) is 5.91 Å². The van der Waals surface area contributed by atoms with Gasteiger partial charge >= 0.3 is 0 Å². The van der Waals surface area contributed by atoms with Crippen LogP contribution in [-0.4, -0.2) is 40.7 Å². The molecule has 5 nitrogen and oxygen atoms in total. The molecule has 4 aromatic rings. The van der Waals surface area contributed by atoms with Crippen molar-refractivity contribution in [2.45, 2.75) is 64.6 Å². The van der Waals surface area contributed by atoms with E-state index in [9.17, 15) is 9.59 Å². The van der Waals surface area contributed by atoms with Crippen LogP contribution < -0.4 is 4.74 Å². The average Bonchev–Trinajstić information content (AvgIpc) is 3.61. The monoisotopic (exact) mass is 574 g/mol. The molecule has 5 heteroatoms. The second-order valence-electron chi connectivity index (χ2n) is 11.4. The highest BCUT2D eigenvalue weighted by molar-refractivity contribution is 5.97. The summed E-state index contributed by atoms with van der Waals surface area (Å²) in [4.78, 5) is 32.1. The van der Waals surface area contributed by atoms with E-state index in [1.54, 1.807) is 4.90 Å². The average molecular weight is 575 g/mol. The summed E-state index contributed by atoms with van der Waals surface area (Å²) in [6.07, 6.45) is 5.72. The first-order valence-corrected chi connectivity index (χ1v) is 15.6. The molecule has 0 aromatic heterocycles. The Kier molecular flexibility index (Phi) is 10.6. The van der Waals surface area contributed by atoms with Crippen molar-refractivity contribution in [3.63, 3.8) is 0 Å². The molecule has 1 aliphatic rings. The summed E-state index contributed by atoms with van der Waals surface area (Å²) in [7, 11) is 0. The van der Waals surface area contributed by atoms with E-state index in [1.807, 2.05) is 102 Å².